The summed E-state index contributed by atoms with van der Waals surface area (Å²) in [5, 5.41) is 5.97. The molecule has 0 spiro atoms. The Kier molecular flexibility index (Phi) is 4.16. The minimum Gasteiger partial charge on any atom is -0.467 e. The molecule has 0 amide bonds. The second-order valence-electron chi connectivity index (χ2n) is 3.81. The molecule has 0 aliphatic heterocycles. The molecule has 19 heavy (non-hydrogen) atoms. The topological polar surface area (TPSA) is 72.0 Å². The molecule has 0 radical (unpaired) electrons. The summed E-state index contributed by atoms with van der Waals surface area (Å²) in [6, 6.07) is 6.18. The van der Waals surface area contributed by atoms with Crippen LogP contribution in [-0.4, -0.2) is 29.1 Å². The molecule has 1 aromatic heterocycles. The van der Waals surface area contributed by atoms with Crippen molar-refractivity contribution in [1.82, 2.24) is 15.0 Å². The van der Waals surface area contributed by atoms with Crippen molar-refractivity contribution in [2.45, 2.75) is 6.92 Å². The van der Waals surface area contributed by atoms with Gasteiger partial charge in [0.25, 0.3) is 0 Å². The Labute approximate surface area is 119 Å². The van der Waals surface area contributed by atoms with Crippen LogP contribution in [0, 0.1) is 6.92 Å². The van der Waals surface area contributed by atoms with Gasteiger partial charge in [0, 0.05) is 17.2 Å². The van der Waals surface area contributed by atoms with Crippen LogP contribution in [0.2, 0.25) is 0 Å². The SMILES string of the molecule is CNc1nc(Nc2ccc(C)c(Br)c2)nc(OC)n1. The predicted molar refractivity (Wildman–Crippen MR) is 78.1 cm³/mol. The van der Waals surface area contributed by atoms with E-state index in [1.165, 1.54) is 7.11 Å². The van der Waals surface area contributed by atoms with E-state index in [4.69, 9.17) is 4.74 Å². The maximum Gasteiger partial charge on any atom is 0.322 e. The highest BCUT2D eigenvalue weighted by Crippen LogP contribution is 2.23. The molecule has 0 aliphatic rings. The standard InChI is InChI=1S/C12H14BrN5O/c1-7-4-5-8(6-9(7)13)15-11-16-10(14-2)17-12(18-11)19-3/h4-6H,1-3H3,(H2,14,15,16,17,18). The zero-order chi connectivity index (χ0) is 13.8. The number of benzene rings is 1. The van der Waals surface area contributed by atoms with E-state index in [0.29, 0.717) is 11.9 Å². The number of hydrogen-bond acceptors (Lipinski definition) is 6. The Morgan fingerprint density at radius 3 is 2.53 bits per heavy atom. The molecule has 2 aromatic rings. The largest absolute Gasteiger partial charge is 0.467 e. The average molecular weight is 324 g/mol. The fourth-order valence-electron chi connectivity index (χ4n) is 1.42. The maximum absolute atomic E-state index is 5.03. The third-order valence-electron chi connectivity index (χ3n) is 2.45. The van der Waals surface area contributed by atoms with Gasteiger partial charge in [-0.2, -0.15) is 15.0 Å². The third-order valence-corrected chi connectivity index (χ3v) is 3.30. The molecule has 0 bridgehead atoms. The van der Waals surface area contributed by atoms with Crippen LogP contribution < -0.4 is 15.4 Å². The lowest BCUT2D eigenvalue weighted by Crippen LogP contribution is -2.05. The monoisotopic (exact) mass is 323 g/mol. The van der Waals surface area contributed by atoms with Crippen LogP contribution in [0.25, 0.3) is 0 Å². The fraction of sp³-hybridized carbons (Fsp3) is 0.250. The van der Waals surface area contributed by atoms with Gasteiger partial charge in [0.1, 0.15) is 0 Å². The molecule has 0 unspecified atom stereocenters. The molecule has 2 rings (SSSR count). The van der Waals surface area contributed by atoms with Gasteiger partial charge in [-0.25, -0.2) is 0 Å². The first kappa shape index (κ1) is 13.5. The van der Waals surface area contributed by atoms with E-state index in [1.807, 2.05) is 25.1 Å². The van der Waals surface area contributed by atoms with E-state index >= 15 is 0 Å². The van der Waals surface area contributed by atoms with Gasteiger partial charge in [0.05, 0.1) is 7.11 Å². The summed E-state index contributed by atoms with van der Waals surface area (Å²) in [5.41, 5.74) is 2.04. The van der Waals surface area contributed by atoms with Crippen molar-refractivity contribution in [1.29, 1.82) is 0 Å². The summed E-state index contributed by atoms with van der Waals surface area (Å²) >= 11 is 3.49. The second kappa shape index (κ2) is 5.83. The van der Waals surface area contributed by atoms with E-state index in [1.54, 1.807) is 7.05 Å². The van der Waals surface area contributed by atoms with Crippen molar-refractivity contribution < 1.29 is 4.74 Å². The number of nitrogens with zero attached hydrogens (tertiary/aromatic N) is 3. The van der Waals surface area contributed by atoms with E-state index in [2.05, 4.69) is 41.5 Å². The van der Waals surface area contributed by atoms with Crippen LogP contribution in [0.5, 0.6) is 6.01 Å². The van der Waals surface area contributed by atoms with Crippen LogP contribution in [-0.2, 0) is 0 Å². The lowest BCUT2D eigenvalue weighted by molar-refractivity contribution is 0.379. The third kappa shape index (κ3) is 3.31. The number of ether oxygens (including phenoxy) is 1. The quantitative estimate of drug-likeness (QED) is 0.901. The van der Waals surface area contributed by atoms with Gasteiger partial charge in [-0.15, -0.1) is 0 Å². The van der Waals surface area contributed by atoms with Crippen molar-refractivity contribution in [2.24, 2.45) is 0 Å². The van der Waals surface area contributed by atoms with Gasteiger partial charge in [-0.1, -0.05) is 22.0 Å². The van der Waals surface area contributed by atoms with E-state index in [0.717, 1.165) is 15.7 Å². The predicted octanol–water partition coefficient (Wildman–Crippen LogP) is 2.74. The number of aromatic nitrogens is 3. The van der Waals surface area contributed by atoms with Crippen molar-refractivity contribution >= 4 is 33.5 Å². The summed E-state index contributed by atoms with van der Waals surface area (Å²) in [6.07, 6.45) is 0. The summed E-state index contributed by atoms with van der Waals surface area (Å²) in [6.45, 7) is 2.03. The molecule has 7 heteroatoms. The highest BCUT2D eigenvalue weighted by Gasteiger charge is 2.06. The molecule has 0 aliphatic carbocycles. The van der Waals surface area contributed by atoms with Crippen molar-refractivity contribution in [2.75, 3.05) is 24.8 Å². The zero-order valence-electron chi connectivity index (χ0n) is 10.9. The van der Waals surface area contributed by atoms with Gasteiger partial charge in [0.15, 0.2) is 0 Å². The van der Waals surface area contributed by atoms with E-state index in [9.17, 15) is 0 Å². The Bertz CT molecular complexity index is 568. The summed E-state index contributed by atoms with van der Waals surface area (Å²) in [5.74, 6) is 0.868. The number of rotatable bonds is 4. The van der Waals surface area contributed by atoms with E-state index < -0.39 is 0 Å². The molecular weight excluding hydrogens is 310 g/mol. The molecular formula is C12H14BrN5O. The molecule has 0 fully saturated rings. The molecule has 0 saturated heterocycles. The Balaban J connectivity index is 2.29. The first-order valence-corrected chi connectivity index (χ1v) is 6.42. The first-order chi connectivity index (χ1) is 9.12. The Morgan fingerprint density at radius 2 is 1.89 bits per heavy atom. The van der Waals surface area contributed by atoms with Crippen LogP contribution >= 0.6 is 15.9 Å². The highest BCUT2D eigenvalue weighted by atomic mass is 79.9. The number of nitrogens with one attached hydrogen (secondary N) is 2. The zero-order valence-corrected chi connectivity index (χ0v) is 12.4. The fourth-order valence-corrected chi connectivity index (χ4v) is 1.79. The number of aryl methyl sites for hydroxylation is 1. The summed E-state index contributed by atoms with van der Waals surface area (Å²) < 4.78 is 6.05. The van der Waals surface area contributed by atoms with Crippen molar-refractivity contribution in [3.05, 3.63) is 28.2 Å². The average Bonchev–Trinajstić information content (AvgIpc) is 2.42. The molecule has 2 N–H and O–H groups in total. The minimum atomic E-state index is 0.257. The molecule has 0 atom stereocenters. The highest BCUT2D eigenvalue weighted by molar-refractivity contribution is 9.10. The van der Waals surface area contributed by atoms with E-state index in [-0.39, 0.29) is 6.01 Å². The van der Waals surface area contributed by atoms with Crippen LogP contribution in [0.15, 0.2) is 22.7 Å². The lowest BCUT2D eigenvalue weighted by Gasteiger charge is -2.08. The van der Waals surface area contributed by atoms with Gasteiger partial charge in [-0.3, -0.25) is 0 Å². The minimum absolute atomic E-state index is 0.257. The lowest BCUT2D eigenvalue weighted by atomic mass is 10.2. The summed E-state index contributed by atoms with van der Waals surface area (Å²) in [7, 11) is 3.25. The summed E-state index contributed by atoms with van der Waals surface area (Å²) in [4.78, 5) is 12.4. The smallest absolute Gasteiger partial charge is 0.322 e. The second-order valence-corrected chi connectivity index (χ2v) is 4.66. The van der Waals surface area contributed by atoms with Crippen molar-refractivity contribution in [3.8, 4) is 6.01 Å². The van der Waals surface area contributed by atoms with Gasteiger partial charge in [0.2, 0.25) is 11.9 Å². The van der Waals surface area contributed by atoms with Crippen LogP contribution in [0.3, 0.4) is 0 Å². The molecule has 1 aromatic carbocycles. The van der Waals surface area contributed by atoms with Gasteiger partial charge < -0.3 is 15.4 Å². The van der Waals surface area contributed by atoms with Crippen molar-refractivity contribution in [3.63, 3.8) is 0 Å². The molecule has 100 valence electrons. The molecule has 6 nitrogen and oxygen atoms in total. The number of hydrogen-bond donors (Lipinski definition) is 2. The van der Waals surface area contributed by atoms with Crippen LogP contribution in [0.4, 0.5) is 17.6 Å². The maximum atomic E-state index is 5.03. The van der Waals surface area contributed by atoms with Gasteiger partial charge in [-0.05, 0) is 24.6 Å². The normalized spacial score (nSPS) is 10.1. The number of halogens is 1. The molecule has 1 heterocycles. The first-order valence-electron chi connectivity index (χ1n) is 5.63. The number of anilines is 3. The number of methoxy groups -OCH3 is 1. The van der Waals surface area contributed by atoms with Gasteiger partial charge >= 0.3 is 6.01 Å². The Hall–Kier alpha value is -1.89. The van der Waals surface area contributed by atoms with Crippen LogP contribution in [0.1, 0.15) is 5.56 Å². The molecule has 0 saturated carbocycles. The Morgan fingerprint density at radius 1 is 1.16 bits per heavy atom.